The highest BCUT2D eigenvalue weighted by Gasteiger charge is 2.32. The number of primary amides is 1. The lowest BCUT2D eigenvalue weighted by Crippen LogP contribution is -2.48. The van der Waals surface area contributed by atoms with Gasteiger partial charge in [0, 0.05) is 18.2 Å². The highest BCUT2D eigenvalue weighted by molar-refractivity contribution is 5.96. The smallest absolute Gasteiger partial charge is 0.335 e. The maximum Gasteiger partial charge on any atom is 0.335 e. The van der Waals surface area contributed by atoms with Crippen LogP contribution in [0.2, 0.25) is 0 Å². The summed E-state index contributed by atoms with van der Waals surface area (Å²) in [7, 11) is 0. The van der Waals surface area contributed by atoms with E-state index in [0.29, 0.717) is 18.5 Å². The molecule has 6 nitrogen and oxygen atoms in total. The standard InChI is InChI=1S/C15H18N2O4/c1-9-2-3-12(13(16)18)8-17(9)14(19)10-4-6-11(7-5-10)15(20)21/h4-7,9,12H,2-3,8H2,1H3,(H2,16,18)(H,20,21)/t9-,12-/m1/s1. The summed E-state index contributed by atoms with van der Waals surface area (Å²) >= 11 is 0. The Hall–Kier alpha value is -2.37. The minimum atomic E-state index is -1.03. The van der Waals surface area contributed by atoms with E-state index in [1.165, 1.54) is 24.3 Å². The Bertz CT molecular complexity index is 568. The summed E-state index contributed by atoms with van der Waals surface area (Å²) in [6.07, 6.45) is 1.42. The fraction of sp³-hybridized carbons (Fsp3) is 0.400. The monoisotopic (exact) mass is 290 g/mol. The van der Waals surface area contributed by atoms with Crippen molar-refractivity contribution in [2.45, 2.75) is 25.8 Å². The summed E-state index contributed by atoms with van der Waals surface area (Å²) < 4.78 is 0. The molecule has 112 valence electrons. The number of benzene rings is 1. The Morgan fingerprint density at radius 2 is 1.71 bits per heavy atom. The molecular formula is C15H18N2O4. The molecule has 3 N–H and O–H groups in total. The third-order valence-corrected chi connectivity index (χ3v) is 3.92. The average molecular weight is 290 g/mol. The molecule has 1 aromatic carbocycles. The third-order valence-electron chi connectivity index (χ3n) is 3.92. The lowest BCUT2D eigenvalue weighted by atomic mass is 9.92. The van der Waals surface area contributed by atoms with Crippen LogP contribution in [0.4, 0.5) is 0 Å². The number of nitrogens with two attached hydrogens (primary N) is 1. The Kier molecular flexibility index (Phi) is 4.26. The van der Waals surface area contributed by atoms with Crippen LogP contribution in [0.3, 0.4) is 0 Å². The van der Waals surface area contributed by atoms with Gasteiger partial charge in [0.2, 0.25) is 5.91 Å². The Morgan fingerprint density at radius 1 is 1.14 bits per heavy atom. The van der Waals surface area contributed by atoms with E-state index in [-0.39, 0.29) is 29.3 Å². The van der Waals surface area contributed by atoms with Crippen LogP contribution in [-0.2, 0) is 4.79 Å². The van der Waals surface area contributed by atoms with Crippen molar-refractivity contribution in [3.05, 3.63) is 35.4 Å². The van der Waals surface area contributed by atoms with Gasteiger partial charge in [0.25, 0.3) is 5.91 Å². The van der Waals surface area contributed by atoms with Gasteiger partial charge in [0.05, 0.1) is 11.5 Å². The molecule has 21 heavy (non-hydrogen) atoms. The molecule has 1 aromatic rings. The number of piperidine rings is 1. The number of nitrogens with zero attached hydrogens (tertiary/aromatic N) is 1. The van der Waals surface area contributed by atoms with Gasteiger partial charge in [0.15, 0.2) is 0 Å². The first-order valence-electron chi connectivity index (χ1n) is 6.83. The topological polar surface area (TPSA) is 101 Å². The summed E-state index contributed by atoms with van der Waals surface area (Å²) in [6, 6.07) is 5.82. The van der Waals surface area contributed by atoms with Crippen molar-refractivity contribution < 1.29 is 19.5 Å². The van der Waals surface area contributed by atoms with Crippen LogP contribution in [0.25, 0.3) is 0 Å². The predicted octanol–water partition coefficient (Wildman–Crippen LogP) is 1.11. The zero-order valence-electron chi connectivity index (χ0n) is 11.8. The van der Waals surface area contributed by atoms with Gasteiger partial charge in [-0.15, -0.1) is 0 Å². The van der Waals surface area contributed by atoms with Crippen molar-refractivity contribution in [2.75, 3.05) is 6.54 Å². The SMILES string of the molecule is C[C@@H]1CC[C@@H](C(N)=O)CN1C(=O)c1ccc(C(=O)O)cc1. The molecular weight excluding hydrogens is 272 g/mol. The lowest BCUT2D eigenvalue weighted by Gasteiger charge is -2.37. The van der Waals surface area contributed by atoms with Crippen LogP contribution in [0.5, 0.6) is 0 Å². The van der Waals surface area contributed by atoms with Crippen molar-refractivity contribution in [2.24, 2.45) is 11.7 Å². The lowest BCUT2D eigenvalue weighted by molar-refractivity contribution is -0.123. The number of amides is 2. The number of likely N-dealkylation sites (tertiary alicyclic amines) is 1. The van der Waals surface area contributed by atoms with E-state index in [1.54, 1.807) is 4.90 Å². The van der Waals surface area contributed by atoms with Gasteiger partial charge in [-0.3, -0.25) is 9.59 Å². The normalized spacial score (nSPS) is 21.9. The molecule has 0 saturated carbocycles. The van der Waals surface area contributed by atoms with Gasteiger partial charge in [-0.2, -0.15) is 0 Å². The van der Waals surface area contributed by atoms with E-state index < -0.39 is 5.97 Å². The molecule has 0 spiro atoms. The minimum Gasteiger partial charge on any atom is -0.478 e. The number of hydrogen-bond donors (Lipinski definition) is 2. The van der Waals surface area contributed by atoms with Gasteiger partial charge < -0.3 is 15.7 Å². The van der Waals surface area contributed by atoms with Crippen LogP contribution in [0, 0.1) is 5.92 Å². The fourth-order valence-corrected chi connectivity index (χ4v) is 2.54. The quantitative estimate of drug-likeness (QED) is 0.870. The molecule has 0 aromatic heterocycles. The predicted molar refractivity (Wildman–Crippen MR) is 75.8 cm³/mol. The first-order valence-corrected chi connectivity index (χ1v) is 6.83. The highest BCUT2D eigenvalue weighted by atomic mass is 16.4. The van der Waals surface area contributed by atoms with E-state index in [1.807, 2.05) is 6.92 Å². The summed E-state index contributed by atoms with van der Waals surface area (Å²) in [5.41, 5.74) is 5.87. The third kappa shape index (κ3) is 3.21. The second-order valence-corrected chi connectivity index (χ2v) is 5.37. The van der Waals surface area contributed by atoms with Crippen LogP contribution >= 0.6 is 0 Å². The number of rotatable bonds is 3. The van der Waals surface area contributed by atoms with E-state index in [9.17, 15) is 14.4 Å². The van der Waals surface area contributed by atoms with Crippen molar-refractivity contribution in [1.82, 2.24) is 4.90 Å². The molecule has 1 aliphatic heterocycles. The summed E-state index contributed by atoms with van der Waals surface area (Å²) in [5, 5.41) is 8.85. The molecule has 1 fully saturated rings. The first-order chi connectivity index (χ1) is 9.90. The zero-order chi connectivity index (χ0) is 15.6. The van der Waals surface area contributed by atoms with Crippen LogP contribution in [-0.4, -0.2) is 40.4 Å². The maximum atomic E-state index is 12.5. The van der Waals surface area contributed by atoms with Crippen LogP contribution in [0.1, 0.15) is 40.5 Å². The molecule has 6 heteroatoms. The number of aromatic carboxylic acids is 1. The molecule has 0 aliphatic carbocycles. The van der Waals surface area contributed by atoms with Gasteiger partial charge in [-0.05, 0) is 44.0 Å². The molecule has 1 aliphatic rings. The number of carbonyl (C=O) groups is 3. The second kappa shape index (κ2) is 5.95. The Balaban J connectivity index is 2.17. The van der Waals surface area contributed by atoms with Crippen LogP contribution in [0.15, 0.2) is 24.3 Å². The van der Waals surface area contributed by atoms with E-state index in [0.717, 1.165) is 6.42 Å². The number of carbonyl (C=O) groups excluding carboxylic acids is 2. The average Bonchev–Trinajstić information content (AvgIpc) is 2.47. The Morgan fingerprint density at radius 3 is 2.24 bits per heavy atom. The highest BCUT2D eigenvalue weighted by Crippen LogP contribution is 2.23. The number of carboxylic acids is 1. The van der Waals surface area contributed by atoms with Crippen molar-refractivity contribution in [3.63, 3.8) is 0 Å². The van der Waals surface area contributed by atoms with Crippen molar-refractivity contribution in [1.29, 1.82) is 0 Å². The molecule has 0 radical (unpaired) electrons. The van der Waals surface area contributed by atoms with Crippen molar-refractivity contribution >= 4 is 17.8 Å². The van der Waals surface area contributed by atoms with Gasteiger partial charge in [-0.25, -0.2) is 4.79 Å². The zero-order valence-corrected chi connectivity index (χ0v) is 11.8. The summed E-state index contributed by atoms with van der Waals surface area (Å²) in [5.74, 6) is -1.94. The summed E-state index contributed by atoms with van der Waals surface area (Å²) in [6.45, 7) is 2.25. The van der Waals surface area contributed by atoms with E-state index in [2.05, 4.69) is 0 Å². The molecule has 2 amide bonds. The molecule has 1 saturated heterocycles. The molecule has 0 unspecified atom stereocenters. The molecule has 1 heterocycles. The van der Waals surface area contributed by atoms with E-state index >= 15 is 0 Å². The number of carboxylic acid groups (broad SMARTS) is 1. The largest absolute Gasteiger partial charge is 0.478 e. The first kappa shape index (κ1) is 15.0. The second-order valence-electron chi connectivity index (χ2n) is 5.37. The Labute approximate surface area is 122 Å². The van der Waals surface area contributed by atoms with Gasteiger partial charge >= 0.3 is 5.97 Å². The minimum absolute atomic E-state index is 0.0345. The maximum absolute atomic E-state index is 12.5. The summed E-state index contributed by atoms with van der Waals surface area (Å²) in [4.78, 5) is 36.2. The number of hydrogen-bond acceptors (Lipinski definition) is 3. The fourth-order valence-electron chi connectivity index (χ4n) is 2.54. The molecule has 2 atom stereocenters. The van der Waals surface area contributed by atoms with E-state index in [4.69, 9.17) is 10.8 Å². The van der Waals surface area contributed by atoms with Crippen molar-refractivity contribution in [3.8, 4) is 0 Å². The molecule has 2 rings (SSSR count). The molecule has 0 bridgehead atoms. The van der Waals surface area contributed by atoms with Crippen LogP contribution < -0.4 is 5.73 Å². The van der Waals surface area contributed by atoms with Gasteiger partial charge in [-0.1, -0.05) is 0 Å². The van der Waals surface area contributed by atoms with Gasteiger partial charge in [0.1, 0.15) is 0 Å².